The molecule has 0 N–H and O–H groups in total. The number of pyridine rings is 1. The van der Waals surface area contributed by atoms with Gasteiger partial charge in [-0.15, -0.1) is 0 Å². The fourth-order valence-electron chi connectivity index (χ4n) is 1.59. The maximum Gasteiger partial charge on any atom is 0.165 e. The van der Waals surface area contributed by atoms with Gasteiger partial charge < -0.3 is 9.64 Å². The van der Waals surface area contributed by atoms with Crippen molar-refractivity contribution in [2.24, 2.45) is 0 Å². The van der Waals surface area contributed by atoms with Crippen molar-refractivity contribution < 1.29 is 9.53 Å². The molecule has 0 bridgehead atoms. The van der Waals surface area contributed by atoms with Gasteiger partial charge in [0.1, 0.15) is 5.60 Å². The molecule has 0 aliphatic heterocycles. The maximum absolute atomic E-state index is 11.9. The number of hydrogen-bond donors (Lipinski definition) is 0. The van der Waals surface area contributed by atoms with Crippen LogP contribution in [0.4, 0.5) is 0 Å². The summed E-state index contributed by atoms with van der Waals surface area (Å²) in [5.74, 6) is 0.131. The van der Waals surface area contributed by atoms with Gasteiger partial charge in [-0.3, -0.25) is 9.78 Å². The molecular weight excluding hydrogens is 228 g/mol. The van der Waals surface area contributed by atoms with Crippen molar-refractivity contribution in [3.05, 3.63) is 30.1 Å². The lowest BCUT2D eigenvalue weighted by molar-refractivity contribution is -0.137. The normalized spacial score (nSPS) is 11.8. The maximum atomic E-state index is 11.9. The molecule has 1 heterocycles. The zero-order valence-corrected chi connectivity index (χ0v) is 11.6. The third-order valence-electron chi connectivity index (χ3n) is 3.10. The first-order valence-electron chi connectivity index (χ1n) is 6.11. The van der Waals surface area contributed by atoms with E-state index in [9.17, 15) is 4.79 Å². The molecule has 0 unspecified atom stereocenters. The third-order valence-corrected chi connectivity index (χ3v) is 3.10. The van der Waals surface area contributed by atoms with Crippen LogP contribution in [0.15, 0.2) is 24.5 Å². The Hall–Kier alpha value is -1.26. The fourth-order valence-corrected chi connectivity index (χ4v) is 1.59. The second-order valence-corrected chi connectivity index (χ2v) is 4.98. The van der Waals surface area contributed by atoms with Crippen LogP contribution in [-0.4, -0.2) is 42.0 Å². The number of methoxy groups -OCH3 is 1. The minimum atomic E-state index is -0.683. The summed E-state index contributed by atoms with van der Waals surface area (Å²) < 4.78 is 5.17. The van der Waals surface area contributed by atoms with Crippen molar-refractivity contribution in [1.29, 1.82) is 0 Å². The van der Waals surface area contributed by atoms with Gasteiger partial charge in [-0.1, -0.05) is 0 Å². The van der Waals surface area contributed by atoms with Crippen LogP contribution < -0.4 is 0 Å². The highest BCUT2D eigenvalue weighted by atomic mass is 16.5. The Kier molecular flexibility index (Phi) is 5.44. The molecule has 0 aliphatic rings. The molecule has 0 radical (unpaired) electrons. The van der Waals surface area contributed by atoms with E-state index in [2.05, 4.69) is 9.88 Å². The van der Waals surface area contributed by atoms with Crippen molar-refractivity contribution in [3.63, 3.8) is 0 Å². The summed E-state index contributed by atoms with van der Waals surface area (Å²) in [5.41, 5.74) is 0.517. The highest BCUT2D eigenvalue weighted by Gasteiger charge is 2.26. The van der Waals surface area contributed by atoms with Crippen molar-refractivity contribution in [1.82, 2.24) is 9.88 Å². The third kappa shape index (κ3) is 4.55. The monoisotopic (exact) mass is 250 g/mol. The van der Waals surface area contributed by atoms with Crippen LogP contribution in [0.25, 0.3) is 0 Å². The minimum Gasteiger partial charge on any atom is -0.371 e. The summed E-state index contributed by atoms with van der Waals surface area (Å²) in [7, 11) is 3.58. The summed E-state index contributed by atoms with van der Waals surface area (Å²) in [6, 6.07) is 3.97. The van der Waals surface area contributed by atoms with Crippen LogP contribution in [0.2, 0.25) is 0 Å². The van der Waals surface area contributed by atoms with E-state index >= 15 is 0 Å². The number of Topliss-reactive ketones (excluding diaryl/α,β-unsaturated/α-hetero) is 1. The number of carbonyl (C=O) groups is 1. The van der Waals surface area contributed by atoms with Gasteiger partial charge >= 0.3 is 0 Å². The van der Waals surface area contributed by atoms with E-state index < -0.39 is 5.60 Å². The standard InChI is InChI=1S/C14H22N2O2/c1-14(2,18-4)13(17)7-10-16(3)11-12-5-8-15-9-6-12/h5-6,8-9H,7,10-11H2,1-4H3. The summed E-state index contributed by atoms with van der Waals surface area (Å²) in [5, 5.41) is 0. The molecule has 0 saturated carbocycles. The van der Waals surface area contributed by atoms with E-state index in [1.54, 1.807) is 33.4 Å². The fraction of sp³-hybridized carbons (Fsp3) is 0.571. The van der Waals surface area contributed by atoms with Crippen LogP contribution in [0.1, 0.15) is 25.8 Å². The Morgan fingerprint density at radius 2 is 2.00 bits per heavy atom. The molecule has 4 heteroatoms. The summed E-state index contributed by atoms with van der Waals surface area (Å²) in [6.07, 6.45) is 4.06. The number of carbonyl (C=O) groups excluding carboxylic acids is 1. The molecule has 0 aliphatic carbocycles. The molecule has 0 aromatic carbocycles. The van der Waals surface area contributed by atoms with Gasteiger partial charge in [-0.25, -0.2) is 0 Å². The highest BCUT2D eigenvalue weighted by Crippen LogP contribution is 2.12. The van der Waals surface area contributed by atoms with Gasteiger partial charge in [0.25, 0.3) is 0 Å². The van der Waals surface area contributed by atoms with Gasteiger partial charge in [0, 0.05) is 39.0 Å². The summed E-state index contributed by atoms with van der Waals surface area (Å²) in [6.45, 7) is 5.16. The van der Waals surface area contributed by atoms with E-state index in [4.69, 9.17) is 4.74 Å². The van der Waals surface area contributed by atoms with Crippen LogP contribution in [0, 0.1) is 0 Å². The van der Waals surface area contributed by atoms with Crippen molar-refractivity contribution in [2.75, 3.05) is 20.7 Å². The number of rotatable bonds is 7. The topological polar surface area (TPSA) is 42.4 Å². The van der Waals surface area contributed by atoms with E-state index in [0.717, 1.165) is 13.1 Å². The molecule has 1 aromatic rings. The van der Waals surface area contributed by atoms with Crippen LogP contribution in [-0.2, 0) is 16.1 Å². The zero-order valence-electron chi connectivity index (χ0n) is 11.6. The van der Waals surface area contributed by atoms with Crippen LogP contribution >= 0.6 is 0 Å². The number of ketones is 1. The Labute approximate surface area is 109 Å². The zero-order chi connectivity index (χ0) is 13.6. The van der Waals surface area contributed by atoms with Crippen LogP contribution in [0.3, 0.4) is 0 Å². The number of aromatic nitrogens is 1. The Morgan fingerprint density at radius 3 is 2.56 bits per heavy atom. The molecule has 1 rings (SSSR count). The Morgan fingerprint density at radius 1 is 1.39 bits per heavy atom. The van der Waals surface area contributed by atoms with Crippen molar-refractivity contribution in [3.8, 4) is 0 Å². The molecule has 0 amide bonds. The molecule has 100 valence electrons. The molecule has 1 aromatic heterocycles. The lowest BCUT2D eigenvalue weighted by Crippen LogP contribution is -2.36. The van der Waals surface area contributed by atoms with Gasteiger partial charge in [0.2, 0.25) is 0 Å². The predicted molar refractivity (Wildman–Crippen MR) is 71.3 cm³/mol. The highest BCUT2D eigenvalue weighted by molar-refractivity contribution is 5.86. The molecular formula is C14H22N2O2. The lowest BCUT2D eigenvalue weighted by atomic mass is 10.0. The van der Waals surface area contributed by atoms with E-state index in [-0.39, 0.29) is 5.78 Å². The predicted octanol–water partition coefficient (Wildman–Crippen LogP) is 1.90. The second kappa shape index (κ2) is 6.61. The first-order chi connectivity index (χ1) is 8.45. The van der Waals surface area contributed by atoms with Gasteiger partial charge in [-0.2, -0.15) is 0 Å². The first kappa shape index (κ1) is 14.8. The Bertz CT molecular complexity index is 377. The van der Waals surface area contributed by atoms with Gasteiger partial charge in [0.15, 0.2) is 5.78 Å². The number of hydrogen-bond acceptors (Lipinski definition) is 4. The van der Waals surface area contributed by atoms with Crippen LogP contribution in [0.5, 0.6) is 0 Å². The largest absolute Gasteiger partial charge is 0.371 e. The smallest absolute Gasteiger partial charge is 0.165 e. The van der Waals surface area contributed by atoms with E-state index in [1.807, 2.05) is 19.2 Å². The molecule has 0 saturated heterocycles. The SMILES string of the molecule is COC(C)(C)C(=O)CCN(C)Cc1ccncc1. The molecule has 0 fully saturated rings. The van der Waals surface area contributed by atoms with Crippen molar-refractivity contribution in [2.45, 2.75) is 32.4 Å². The molecule has 4 nitrogen and oxygen atoms in total. The van der Waals surface area contributed by atoms with Crippen molar-refractivity contribution >= 4 is 5.78 Å². The average molecular weight is 250 g/mol. The number of nitrogens with zero attached hydrogens (tertiary/aromatic N) is 2. The molecule has 0 atom stereocenters. The van der Waals surface area contributed by atoms with E-state index in [1.165, 1.54) is 5.56 Å². The van der Waals surface area contributed by atoms with Gasteiger partial charge in [-0.05, 0) is 38.6 Å². The minimum absolute atomic E-state index is 0.131. The second-order valence-electron chi connectivity index (χ2n) is 4.98. The molecule has 18 heavy (non-hydrogen) atoms. The Balaban J connectivity index is 2.38. The average Bonchev–Trinajstić information content (AvgIpc) is 2.37. The lowest BCUT2D eigenvalue weighted by Gasteiger charge is -2.23. The van der Waals surface area contributed by atoms with Gasteiger partial charge in [0.05, 0.1) is 0 Å². The quantitative estimate of drug-likeness (QED) is 0.741. The first-order valence-corrected chi connectivity index (χ1v) is 6.11. The summed E-state index contributed by atoms with van der Waals surface area (Å²) in [4.78, 5) is 18.0. The van der Waals surface area contributed by atoms with E-state index in [0.29, 0.717) is 6.42 Å². The summed E-state index contributed by atoms with van der Waals surface area (Å²) >= 11 is 0. The molecule has 0 spiro atoms. The number of ether oxygens (including phenoxy) is 1.